The second kappa shape index (κ2) is 8.85. The summed E-state index contributed by atoms with van der Waals surface area (Å²) in [6.45, 7) is 0. The van der Waals surface area contributed by atoms with Gasteiger partial charge < -0.3 is 49.6 Å². The fourth-order valence-electron chi connectivity index (χ4n) is 6.10. The minimum absolute atomic E-state index is 0.00173. The zero-order chi connectivity index (χ0) is 28.6. The number of aromatic hydroxyl groups is 4. The molecule has 7 rings (SSSR count). The summed E-state index contributed by atoms with van der Waals surface area (Å²) in [5.41, 5.74) is 1.91. The van der Waals surface area contributed by atoms with Crippen molar-refractivity contribution >= 4 is 0 Å². The number of aliphatic hydroxyl groups excluding tert-OH is 2. The summed E-state index contributed by atoms with van der Waals surface area (Å²) in [5.74, 6) is -2.25. The molecule has 3 aliphatic rings. The van der Waals surface area contributed by atoms with Crippen LogP contribution < -0.4 is 18.9 Å². The van der Waals surface area contributed by atoms with Crippen molar-refractivity contribution in [2.75, 3.05) is 7.11 Å². The van der Waals surface area contributed by atoms with Crippen LogP contribution in [0, 0.1) is 0 Å². The summed E-state index contributed by atoms with van der Waals surface area (Å²) in [6, 6.07) is 16.6. The van der Waals surface area contributed by atoms with E-state index in [0.29, 0.717) is 28.0 Å². The second-order valence-corrected chi connectivity index (χ2v) is 10.4. The lowest BCUT2D eigenvalue weighted by Gasteiger charge is -2.50. The van der Waals surface area contributed by atoms with Gasteiger partial charge >= 0.3 is 5.79 Å². The average molecular weight is 559 g/mol. The van der Waals surface area contributed by atoms with Crippen LogP contribution in [0.25, 0.3) is 0 Å². The van der Waals surface area contributed by atoms with Crippen LogP contribution in [0.2, 0.25) is 0 Å². The number of hydrogen-bond donors (Lipinski definition) is 6. The van der Waals surface area contributed by atoms with Crippen LogP contribution in [0.4, 0.5) is 0 Å². The fraction of sp³-hybridized carbons (Fsp3) is 0.226. The summed E-state index contributed by atoms with van der Waals surface area (Å²) in [7, 11) is 1.45. The van der Waals surface area contributed by atoms with Crippen LogP contribution in [0.5, 0.6) is 46.0 Å². The van der Waals surface area contributed by atoms with Crippen molar-refractivity contribution in [3.05, 3.63) is 94.5 Å². The van der Waals surface area contributed by atoms with Gasteiger partial charge in [0, 0.05) is 46.9 Å². The van der Waals surface area contributed by atoms with Gasteiger partial charge in [-0.05, 0) is 42.0 Å². The van der Waals surface area contributed by atoms with E-state index in [2.05, 4.69) is 0 Å². The summed E-state index contributed by atoms with van der Waals surface area (Å²) >= 11 is 0. The summed E-state index contributed by atoms with van der Waals surface area (Å²) < 4.78 is 24.5. The molecule has 0 saturated heterocycles. The summed E-state index contributed by atoms with van der Waals surface area (Å²) in [5, 5.41) is 64.9. The molecule has 10 heteroatoms. The Bertz CT molecular complexity index is 1670. The van der Waals surface area contributed by atoms with Gasteiger partial charge in [0.15, 0.2) is 0 Å². The Morgan fingerprint density at radius 2 is 1.41 bits per heavy atom. The number of phenols is 4. The third-order valence-electron chi connectivity index (χ3n) is 8.04. The molecule has 5 atom stereocenters. The number of benzene rings is 4. The van der Waals surface area contributed by atoms with Gasteiger partial charge in [0.05, 0.1) is 19.1 Å². The number of aliphatic hydroxyl groups is 2. The van der Waals surface area contributed by atoms with Crippen molar-refractivity contribution in [2.24, 2.45) is 0 Å². The number of hydrogen-bond acceptors (Lipinski definition) is 10. The molecule has 6 N–H and O–H groups in total. The maximum atomic E-state index is 12.0. The predicted molar refractivity (Wildman–Crippen MR) is 143 cm³/mol. The molecule has 4 aromatic carbocycles. The molecule has 4 aromatic rings. The van der Waals surface area contributed by atoms with Gasteiger partial charge in [0.2, 0.25) is 0 Å². The van der Waals surface area contributed by atoms with Crippen molar-refractivity contribution < 1.29 is 49.6 Å². The van der Waals surface area contributed by atoms with Gasteiger partial charge in [-0.3, -0.25) is 0 Å². The predicted octanol–water partition coefficient (Wildman–Crippen LogP) is 3.69. The van der Waals surface area contributed by atoms with Crippen LogP contribution in [0.15, 0.2) is 66.7 Å². The van der Waals surface area contributed by atoms with Crippen LogP contribution >= 0.6 is 0 Å². The van der Waals surface area contributed by atoms with E-state index in [-0.39, 0.29) is 52.2 Å². The zero-order valence-electron chi connectivity index (χ0n) is 21.7. The molecule has 3 aliphatic heterocycles. The Labute approximate surface area is 233 Å². The Balaban J connectivity index is 1.47. The molecule has 0 fully saturated rings. The highest BCUT2D eigenvalue weighted by molar-refractivity contribution is 5.68. The molecule has 0 spiro atoms. The molecular formula is C31H26O10. The highest BCUT2D eigenvalue weighted by Crippen LogP contribution is 2.62. The monoisotopic (exact) mass is 558 g/mol. The van der Waals surface area contributed by atoms with Crippen LogP contribution in [0.1, 0.15) is 39.8 Å². The molecule has 210 valence electrons. The SMILES string of the molecule is COc1cc(O)c2c(c1)OC1(c3ccc(O)cc3)Oc3cc(O)c4c(c3C2C1O)OC(c1ccc(O)cc1)C(O)C4. The first-order valence-electron chi connectivity index (χ1n) is 13.0. The maximum Gasteiger partial charge on any atom is 0.305 e. The normalized spacial score (nSPS) is 25.4. The van der Waals surface area contributed by atoms with Crippen molar-refractivity contribution in [3.63, 3.8) is 0 Å². The number of fused-ring (bicyclic) bond motifs is 8. The minimum Gasteiger partial charge on any atom is -0.508 e. The van der Waals surface area contributed by atoms with Gasteiger partial charge in [0.1, 0.15) is 58.2 Å². The molecule has 0 amide bonds. The van der Waals surface area contributed by atoms with Crippen LogP contribution in [-0.4, -0.2) is 50.0 Å². The zero-order valence-corrected chi connectivity index (χ0v) is 21.7. The summed E-state index contributed by atoms with van der Waals surface area (Å²) in [4.78, 5) is 0. The van der Waals surface area contributed by atoms with Gasteiger partial charge in [-0.15, -0.1) is 0 Å². The Morgan fingerprint density at radius 3 is 2.07 bits per heavy atom. The third kappa shape index (κ3) is 3.64. The molecule has 3 heterocycles. The summed E-state index contributed by atoms with van der Waals surface area (Å²) in [6.07, 6.45) is -3.29. The van der Waals surface area contributed by atoms with Gasteiger partial charge in [0.25, 0.3) is 0 Å². The molecule has 5 unspecified atom stereocenters. The highest BCUT2D eigenvalue weighted by atomic mass is 16.7. The smallest absolute Gasteiger partial charge is 0.305 e. The van der Waals surface area contributed by atoms with Crippen molar-refractivity contribution in [3.8, 4) is 46.0 Å². The molecule has 10 nitrogen and oxygen atoms in total. The molecule has 0 radical (unpaired) electrons. The molecule has 0 aliphatic carbocycles. The quantitative estimate of drug-likeness (QED) is 0.219. The van der Waals surface area contributed by atoms with Crippen molar-refractivity contribution in [2.45, 2.75) is 36.4 Å². The lowest BCUT2D eigenvalue weighted by molar-refractivity contribution is -0.219. The van der Waals surface area contributed by atoms with E-state index in [1.807, 2.05) is 0 Å². The van der Waals surface area contributed by atoms with Crippen LogP contribution in [-0.2, 0) is 12.2 Å². The van der Waals surface area contributed by atoms with Gasteiger partial charge in [-0.1, -0.05) is 12.1 Å². The van der Waals surface area contributed by atoms with E-state index in [9.17, 15) is 30.6 Å². The van der Waals surface area contributed by atoms with E-state index >= 15 is 0 Å². The van der Waals surface area contributed by atoms with E-state index in [1.54, 1.807) is 30.3 Å². The van der Waals surface area contributed by atoms with Crippen molar-refractivity contribution in [1.29, 1.82) is 0 Å². The highest BCUT2D eigenvalue weighted by Gasteiger charge is 2.60. The van der Waals surface area contributed by atoms with Gasteiger partial charge in [-0.25, -0.2) is 0 Å². The first-order valence-corrected chi connectivity index (χ1v) is 13.0. The van der Waals surface area contributed by atoms with Crippen LogP contribution in [0.3, 0.4) is 0 Å². The van der Waals surface area contributed by atoms with Crippen molar-refractivity contribution in [1.82, 2.24) is 0 Å². The fourth-order valence-corrected chi connectivity index (χ4v) is 6.10. The van der Waals surface area contributed by atoms with E-state index in [1.165, 1.54) is 43.5 Å². The Kier molecular flexibility index (Phi) is 5.44. The second-order valence-electron chi connectivity index (χ2n) is 10.4. The molecule has 0 saturated carbocycles. The number of methoxy groups -OCH3 is 1. The van der Waals surface area contributed by atoms with Gasteiger partial charge in [-0.2, -0.15) is 0 Å². The molecule has 2 bridgehead atoms. The molecule has 41 heavy (non-hydrogen) atoms. The first-order chi connectivity index (χ1) is 19.7. The third-order valence-corrected chi connectivity index (χ3v) is 8.04. The molecular weight excluding hydrogens is 532 g/mol. The number of phenolic OH excluding ortho intramolecular Hbond substituents is 4. The lowest BCUT2D eigenvalue weighted by Crippen LogP contribution is -2.57. The van der Waals surface area contributed by atoms with E-state index in [4.69, 9.17) is 18.9 Å². The van der Waals surface area contributed by atoms with E-state index in [0.717, 1.165) is 0 Å². The largest absolute Gasteiger partial charge is 0.508 e. The maximum absolute atomic E-state index is 12.0. The molecule has 0 aromatic heterocycles. The average Bonchev–Trinajstić information content (AvgIpc) is 2.94. The standard InChI is InChI=1S/C31H26O10/c1-38-18-10-21(35)25-23(11-18)40-31(15-4-8-17(33)9-5-15)30(37)27(25)26-24(41-31)13-20(34)19-12-22(36)28(39-29(19)26)14-2-6-16(32)7-3-14/h2-11,13,22,27-28,30,32-37H,12H2,1H3. The minimum atomic E-state index is -1.83. The first kappa shape index (κ1) is 25.2. The Hall–Kier alpha value is -4.80. The number of ether oxygens (including phenoxy) is 4. The lowest BCUT2D eigenvalue weighted by atomic mass is 9.74. The van der Waals surface area contributed by atoms with E-state index < -0.39 is 30.0 Å². The topological polar surface area (TPSA) is 158 Å². The number of rotatable bonds is 3. The Morgan fingerprint density at radius 1 is 0.780 bits per heavy atom.